The monoisotopic (exact) mass is 275 g/mol. The van der Waals surface area contributed by atoms with E-state index in [4.69, 9.17) is 4.74 Å². The lowest BCUT2D eigenvalue weighted by Crippen LogP contribution is -2.21. The summed E-state index contributed by atoms with van der Waals surface area (Å²) in [6.45, 7) is 0. The molecular weight excluding hydrogens is 261 g/mol. The van der Waals surface area contributed by atoms with Crippen molar-refractivity contribution in [3.8, 4) is 5.75 Å². The summed E-state index contributed by atoms with van der Waals surface area (Å²) in [6.07, 6.45) is 0. The molecule has 0 saturated carbocycles. The number of carbonyl (C=O) groups is 1. The van der Waals surface area contributed by atoms with Gasteiger partial charge >= 0.3 is 5.97 Å². The summed E-state index contributed by atoms with van der Waals surface area (Å²) in [5.41, 5.74) is 0.628. The Morgan fingerprint density at radius 3 is 2.65 bits per heavy atom. The molecule has 2 rings (SSSR count). The highest BCUT2D eigenvalue weighted by Crippen LogP contribution is 2.24. The molecule has 5 heteroatoms. The van der Waals surface area contributed by atoms with E-state index in [1.54, 1.807) is 30.3 Å². The fraction of sp³-hybridized carbons (Fsp3) is 0.133. The third-order valence-electron chi connectivity index (χ3n) is 2.84. The van der Waals surface area contributed by atoms with Gasteiger partial charge in [0.25, 0.3) is 0 Å². The van der Waals surface area contributed by atoms with Gasteiger partial charge in [-0.15, -0.1) is 0 Å². The Balaban J connectivity index is 2.31. The van der Waals surface area contributed by atoms with Gasteiger partial charge in [-0.1, -0.05) is 24.3 Å². The van der Waals surface area contributed by atoms with Crippen LogP contribution in [0.2, 0.25) is 0 Å². The van der Waals surface area contributed by atoms with Gasteiger partial charge in [0.2, 0.25) is 0 Å². The Kier molecular flexibility index (Phi) is 4.20. The van der Waals surface area contributed by atoms with Crippen molar-refractivity contribution in [3.63, 3.8) is 0 Å². The lowest BCUT2D eigenvalue weighted by atomic mass is 10.1. The molecule has 1 unspecified atom stereocenters. The zero-order chi connectivity index (χ0) is 14.5. The number of hydrogen-bond acceptors (Lipinski definition) is 3. The topological polar surface area (TPSA) is 58.6 Å². The summed E-state index contributed by atoms with van der Waals surface area (Å²) < 4.78 is 18.8. The summed E-state index contributed by atoms with van der Waals surface area (Å²) >= 11 is 0. The quantitative estimate of drug-likeness (QED) is 0.880. The van der Waals surface area contributed by atoms with Gasteiger partial charge in [0.1, 0.15) is 11.6 Å². The Morgan fingerprint density at radius 1 is 1.25 bits per heavy atom. The molecule has 20 heavy (non-hydrogen) atoms. The predicted octanol–water partition coefficient (Wildman–Crippen LogP) is 3.07. The SMILES string of the molecule is COc1cccc(NC(C(=O)O)c2ccccc2F)c1. The standard InChI is InChI=1S/C15H14FNO3/c1-20-11-6-4-5-10(9-11)17-14(15(18)19)12-7-2-3-8-13(12)16/h2-9,14,17H,1H3,(H,18,19). The second kappa shape index (κ2) is 6.06. The van der Waals surface area contributed by atoms with Crippen LogP contribution in [-0.4, -0.2) is 18.2 Å². The second-order valence-corrected chi connectivity index (χ2v) is 4.17. The van der Waals surface area contributed by atoms with Gasteiger partial charge in [0, 0.05) is 17.3 Å². The Labute approximate surface area is 115 Å². The molecule has 2 N–H and O–H groups in total. The van der Waals surface area contributed by atoms with Gasteiger partial charge in [-0.05, 0) is 18.2 Å². The third kappa shape index (κ3) is 3.06. The van der Waals surface area contributed by atoms with Crippen molar-refractivity contribution in [3.05, 3.63) is 59.9 Å². The van der Waals surface area contributed by atoms with Crippen molar-refractivity contribution in [2.45, 2.75) is 6.04 Å². The van der Waals surface area contributed by atoms with Crippen LogP contribution in [0.4, 0.5) is 10.1 Å². The molecule has 0 aliphatic rings. The fourth-order valence-electron chi connectivity index (χ4n) is 1.86. The second-order valence-electron chi connectivity index (χ2n) is 4.17. The summed E-state index contributed by atoms with van der Waals surface area (Å²) in [4.78, 5) is 11.4. The third-order valence-corrected chi connectivity index (χ3v) is 2.84. The van der Waals surface area contributed by atoms with Crippen LogP contribution in [0.15, 0.2) is 48.5 Å². The zero-order valence-electron chi connectivity index (χ0n) is 10.8. The van der Waals surface area contributed by atoms with Crippen LogP contribution >= 0.6 is 0 Å². The van der Waals surface area contributed by atoms with Crippen molar-refractivity contribution < 1.29 is 19.0 Å². The van der Waals surface area contributed by atoms with Crippen molar-refractivity contribution in [2.24, 2.45) is 0 Å². The zero-order valence-corrected chi connectivity index (χ0v) is 10.8. The van der Waals surface area contributed by atoms with Gasteiger partial charge in [0.15, 0.2) is 6.04 Å². The first-order chi connectivity index (χ1) is 9.61. The maximum atomic E-state index is 13.7. The summed E-state index contributed by atoms with van der Waals surface area (Å²) in [7, 11) is 1.52. The van der Waals surface area contributed by atoms with Crippen molar-refractivity contribution in [1.82, 2.24) is 0 Å². The van der Waals surface area contributed by atoms with Gasteiger partial charge < -0.3 is 15.2 Å². The molecule has 0 radical (unpaired) electrons. The Hall–Kier alpha value is -2.56. The normalized spacial score (nSPS) is 11.7. The highest BCUT2D eigenvalue weighted by atomic mass is 19.1. The number of carboxylic acids is 1. The van der Waals surface area contributed by atoms with E-state index in [0.29, 0.717) is 11.4 Å². The van der Waals surface area contributed by atoms with Crippen molar-refractivity contribution in [2.75, 3.05) is 12.4 Å². The summed E-state index contributed by atoms with van der Waals surface area (Å²) in [5, 5.41) is 12.1. The molecule has 0 amide bonds. The largest absolute Gasteiger partial charge is 0.497 e. The number of ether oxygens (including phenoxy) is 1. The van der Waals surface area contributed by atoms with E-state index in [9.17, 15) is 14.3 Å². The van der Waals surface area contributed by atoms with Crippen molar-refractivity contribution >= 4 is 11.7 Å². The number of halogens is 1. The molecule has 0 saturated heterocycles. The van der Waals surface area contributed by atoms with Crippen LogP contribution in [0.1, 0.15) is 11.6 Å². The average Bonchev–Trinajstić information content (AvgIpc) is 2.45. The first kappa shape index (κ1) is 13.9. The number of carboxylic acid groups (broad SMARTS) is 1. The van der Waals surface area contributed by atoms with E-state index in [0.717, 1.165) is 0 Å². The number of benzene rings is 2. The molecular formula is C15H14FNO3. The minimum Gasteiger partial charge on any atom is -0.497 e. The smallest absolute Gasteiger partial charge is 0.330 e. The number of hydrogen-bond donors (Lipinski definition) is 2. The molecule has 0 bridgehead atoms. The molecule has 0 aliphatic carbocycles. The molecule has 104 valence electrons. The van der Waals surface area contributed by atoms with E-state index in [-0.39, 0.29) is 5.56 Å². The van der Waals surface area contributed by atoms with E-state index < -0.39 is 17.8 Å². The van der Waals surface area contributed by atoms with Crippen LogP contribution < -0.4 is 10.1 Å². The first-order valence-corrected chi connectivity index (χ1v) is 5.99. The van der Waals surface area contributed by atoms with Gasteiger partial charge in [0.05, 0.1) is 7.11 Å². The van der Waals surface area contributed by atoms with E-state index >= 15 is 0 Å². The lowest BCUT2D eigenvalue weighted by Gasteiger charge is -2.17. The van der Waals surface area contributed by atoms with Gasteiger partial charge in [-0.2, -0.15) is 0 Å². The Bertz CT molecular complexity index is 616. The highest BCUT2D eigenvalue weighted by molar-refractivity contribution is 5.79. The number of aliphatic carboxylic acids is 1. The molecule has 1 atom stereocenters. The summed E-state index contributed by atoms with van der Waals surface area (Å²) in [6, 6.07) is 11.4. The van der Waals surface area contributed by atoms with Crippen LogP contribution in [0.3, 0.4) is 0 Å². The molecule has 0 aromatic heterocycles. The molecule has 2 aromatic carbocycles. The fourth-order valence-corrected chi connectivity index (χ4v) is 1.86. The predicted molar refractivity (Wildman–Crippen MR) is 73.4 cm³/mol. The average molecular weight is 275 g/mol. The molecule has 0 spiro atoms. The minimum absolute atomic E-state index is 0.0859. The Morgan fingerprint density at radius 2 is 2.00 bits per heavy atom. The highest BCUT2D eigenvalue weighted by Gasteiger charge is 2.22. The van der Waals surface area contributed by atoms with Gasteiger partial charge in [-0.3, -0.25) is 0 Å². The van der Waals surface area contributed by atoms with Crippen LogP contribution in [0.5, 0.6) is 5.75 Å². The number of nitrogens with one attached hydrogen (secondary N) is 1. The van der Waals surface area contributed by atoms with Crippen LogP contribution in [0.25, 0.3) is 0 Å². The maximum absolute atomic E-state index is 13.7. The van der Waals surface area contributed by atoms with Gasteiger partial charge in [-0.25, -0.2) is 9.18 Å². The number of rotatable bonds is 5. The van der Waals surface area contributed by atoms with E-state index in [1.165, 1.54) is 25.3 Å². The lowest BCUT2D eigenvalue weighted by molar-refractivity contribution is -0.138. The van der Waals surface area contributed by atoms with E-state index in [2.05, 4.69) is 5.32 Å². The van der Waals surface area contributed by atoms with Crippen LogP contribution in [-0.2, 0) is 4.79 Å². The minimum atomic E-state index is -1.16. The molecule has 0 heterocycles. The summed E-state index contributed by atoms with van der Waals surface area (Å²) in [5.74, 6) is -1.12. The van der Waals surface area contributed by atoms with E-state index in [1.807, 2.05) is 0 Å². The van der Waals surface area contributed by atoms with Crippen LogP contribution in [0, 0.1) is 5.82 Å². The molecule has 0 fully saturated rings. The van der Waals surface area contributed by atoms with Crippen molar-refractivity contribution in [1.29, 1.82) is 0 Å². The number of anilines is 1. The molecule has 2 aromatic rings. The number of methoxy groups -OCH3 is 1. The first-order valence-electron chi connectivity index (χ1n) is 5.99. The molecule has 4 nitrogen and oxygen atoms in total. The molecule has 0 aliphatic heterocycles. The maximum Gasteiger partial charge on any atom is 0.330 e.